The summed E-state index contributed by atoms with van der Waals surface area (Å²) < 4.78 is 10.5. The van der Waals surface area contributed by atoms with E-state index in [0.29, 0.717) is 24.0 Å². The van der Waals surface area contributed by atoms with E-state index in [1.54, 1.807) is 6.07 Å². The van der Waals surface area contributed by atoms with Crippen molar-refractivity contribution in [1.29, 1.82) is 0 Å². The fourth-order valence-corrected chi connectivity index (χ4v) is 1.84. The van der Waals surface area contributed by atoms with Gasteiger partial charge in [-0.1, -0.05) is 27.7 Å². The maximum absolute atomic E-state index is 9.92. The lowest BCUT2D eigenvalue weighted by Crippen LogP contribution is -2.29. The number of nitrogens with one attached hydrogen (secondary N) is 1. The normalized spacial score (nSPS) is 15.6. The Kier molecular flexibility index (Phi) is 3.90. The van der Waals surface area contributed by atoms with Gasteiger partial charge in [0.05, 0.1) is 0 Å². The van der Waals surface area contributed by atoms with Crippen LogP contribution >= 0.6 is 0 Å². The summed E-state index contributed by atoms with van der Waals surface area (Å²) in [5, 5.41) is 13.3. The molecular weight excluding hydrogens is 242 g/mol. The third-order valence-electron chi connectivity index (χ3n) is 3.82. The molecule has 1 aromatic rings. The molecule has 1 atom stereocenters. The van der Waals surface area contributed by atoms with Gasteiger partial charge in [-0.15, -0.1) is 0 Å². The number of hydrogen-bond acceptors (Lipinski definition) is 4. The predicted molar refractivity (Wildman–Crippen MR) is 74.6 cm³/mol. The largest absolute Gasteiger partial charge is 0.507 e. The van der Waals surface area contributed by atoms with E-state index in [0.717, 1.165) is 12.1 Å². The number of aromatic hydroxyl groups is 1. The Morgan fingerprint density at radius 1 is 1.26 bits per heavy atom. The van der Waals surface area contributed by atoms with Gasteiger partial charge < -0.3 is 19.9 Å². The van der Waals surface area contributed by atoms with Crippen LogP contribution in [0.1, 0.15) is 33.3 Å². The van der Waals surface area contributed by atoms with Crippen molar-refractivity contribution in [3.63, 3.8) is 0 Å². The van der Waals surface area contributed by atoms with Crippen LogP contribution in [0.3, 0.4) is 0 Å². The van der Waals surface area contributed by atoms with Gasteiger partial charge in [-0.05, 0) is 23.9 Å². The van der Waals surface area contributed by atoms with Crippen molar-refractivity contribution in [3.05, 3.63) is 17.7 Å². The van der Waals surface area contributed by atoms with Crippen LogP contribution < -0.4 is 14.8 Å². The molecule has 0 aromatic heterocycles. The van der Waals surface area contributed by atoms with Crippen LogP contribution in [0.15, 0.2) is 12.1 Å². The van der Waals surface area contributed by atoms with E-state index in [4.69, 9.17) is 9.47 Å². The average molecular weight is 265 g/mol. The van der Waals surface area contributed by atoms with E-state index < -0.39 is 0 Å². The second-order valence-electron chi connectivity index (χ2n) is 6.23. The standard InChI is InChI=1S/C15H23NO3/c1-10(15(2,3)4)7-16-8-11-5-13-14(6-12(11)17)19-9-18-13/h5-6,10,16-17H,7-9H2,1-4H3. The quantitative estimate of drug-likeness (QED) is 0.879. The Bertz CT molecular complexity index is 451. The lowest BCUT2D eigenvalue weighted by atomic mass is 9.82. The van der Waals surface area contributed by atoms with Gasteiger partial charge in [-0.25, -0.2) is 0 Å². The summed E-state index contributed by atoms with van der Waals surface area (Å²) in [6.07, 6.45) is 0. The van der Waals surface area contributed by atoms with Gasteiger partial charge in [-0.2, -0.15) is 0 Å². The van der Waals surface area contributed by atoms with Crippen LogP contribution in [0.25, 0.3) is 0 Å². The van der Waals surface area contributed by atoms with Crippen molar-refractivity contribution in [2.75, 3.05) is 13.3 Å². The summed E-state index contributed by atoms with van der Waals surface area (Å²) in [4.78, 5) is 0. The molecule has 19 heavy (non-hydrogen) atoms. The third kappa shape index (κ3) is 3.32. The Morgan fingerprint density at radius 3 is 2.53 bits per heavy atom. The molecule has 2 N–H and O–H groups in total. The van der Waals surface area contributed by atoms with E-state index in [-0.39, 0.29) is 18.0 Å². The molecule has 1 aliphatic rings. The van der Waals surface area contributed by atoms with Gasteiger partial charge in [0.2, 0.25) is 6.79 Å². The molecule has 4 heteroatoms. The molecule has 0 spiro atoms. The zero-order chi connectivity index (χ0) is 14.0. The van der Waals surface area contributed by atoms with Crippen molar-refractivity contribution in [1.82, 2.24) is 5.32 Å². The van der Waals surface area contributed by atoms with Gasteiger partial charge >= 0.3 is 0 Å². The molecule has 0 aliphatic carbocycles. The highest BCUT2D eigenvalue weighted by atomic mass is 16.7. The van der Waals surface area contributed by atoms with Crippen LogP contribution in [-0.2, 0) is 6.54 Å². The average Bonchev–Trinajstić information content (AvgIpc) is 2.74. The Morgan fingerprint density at radius 2 is 1.89 bits per heavy atom. The first-order chi connectivity index (χ1) is 8.88. The number of fused-ring (bicyclic) bond motifs is 1. The first-order valence-corrected chi connectivity index (χ1v) is 6.70. The second kappa shape index (κ2) is 5.29. The summed E-state index contributed by atoms with van der Waals surface area (Å²) >= 11 is 0. The van der Waals surface area contributed by atoms with Crippen molar-refractivity contribution in [2.24, 2.45) is 11.3 Å². The Balaban J connectivity index is 1.93. The van der Waals surface area contributed by atoms with Crippen molar-refractivity contribution in [3.8, 4) is 17.2 Å². The number of rotatable bonds is 4. The zero-order valence-corrected chi connectivity index (χ0v) is 12.1. The molecule has 1 aliphatic heterocycles. The maximum atomic E-state index is 9.92. The molecule has 0 saturated carbocycles. The number of phenols is 1. The van der Waals surface area contributed by atoms with E-state index in [1.165, 1.54) is 0 Å². The molecule has 0 fully saturated rings. The Labute approximate surface area is 114 Å². The van der Waals surface area contributed by atoms with E-state index in [2.05, 4.69) is 33.0 Å². The monoisotopic (exact) mass is 265 g/mol. The molecule has 0 bridgehead atoms. The number of ether oxygens (including phenoxy) is 2. The first kappa shape index (κ1) is 14.0. The predicted octanol–water partition coefficient (Wildman–Crippen LogP) is 2.89. The second-order valence-corrected chi connectivity index (χ2v) is 6.23. The minimum Gasteiger partial charge on any atom is -0.507 e. The first-order valence-electron chi connectivity index (χ1n) is 6.70. The number of phenolic OH excluding ortho intramolecular Hbond substituents is 1. The van der Waals surface area contributed by atoms with Gasteiger partial charge in [0.1, 0.15) is 5.75 Å². The summed E-state index contributed by atoms with van der Waals surface area (Å²) in [7, 11) is 0. The third-order valence-corrected chi connectivity index (χ3v) is 3.82. The maximum Gasteiger partial charge on any atom is 0.231 e. The lowest BCUT2D eigenvalue weighted by molar-refractivity contribution is 0.174. The van der Waals surface area contributed by atoms with Crippen molar-refractivity contribution in [2.45, 2.75) is 34.2 Å². The summed E-state index contributed by atoms with van der Waals surface area (Å²) in [6.45, 7) is 10.7. The molecule has 4 nitrogen and oxygen atoms in total. The molecule has 1 unspecified atom stereocenters. The van der Waals surface area contributed by atoms with Crippen LogP contribution in [0.2, 0.25) is 0 Å². The van der Waals surface area contributed by atoms with Gasteiger partial charge in [0.25, 0.3) is 0 Å². The number of hydrogen-bond donors (Lipinski definition) is 2. The highest BCUT2D eigenvalue weighted by molar-refractivity contribution is 5.51. The van der Waals surface area contributed by atoms with Gasteiger partial charge in [-0.3, -0.25) is 0 Å². The van der Waals surface area contributed by atoms with Crippen molar-refractivity contribution >= 4 is 0 Å². The molecular formula is C15H23NO3. The van der Waals surface area contributed by atoms with Gasteiger partial charge in [0.15, 0.2) is 11.5 Å². The minimum atomic E-state index is 0.229. The minimum absolute atomic E-state index is 0.229. The highest BCUT2D eigenvalue weighted by Gasteiger charge is 2.20. The molecule has 0 radical (unpaired) electrons. The smallest absolute Gasteiger partial charge is 0.231 e. The molecule has 106 valence electrons. The fraction of sp³-hybridized carbons (Fsp3) is 0.600. The molecule has 1 aromatic carbocycles. The van der Waals surface area contributed by atoms with E-state index in [9.17, 15) is 5.11 Å². The molecule has 2 rings (SSSR count). The van der Waals surface area contributed by atoms with E-state index >= 15 is 0 Å². The van der Waals surface area contributed by atoms with Crippen LogP contribution in [0.5, 0.6) is 17.2 Å². The van der Waals surface area contributed by atoms with Crippen LogP contribution in [0, 0.1) is 11.3 Å². The highest BCUT2D eigenvalue weighted by Crippen LogP contribution is 2.37. The lowest BCUT2D eigenvalue weighted by Gasteiger charge is -2.27. The SMILES string of the molecule is CC(CNCc1cc2c(cc1O)OCO2)C(C)(C)C. The number of benzene rings is 1. The van der Waals surface area contributed by atoms with Gasteiger partial charge in [0, 0.05) is 18.2 Å². The fourth-order valence-electron chi connectivity index (χ4n) is 1.84. The summed E-state index contributed by atoms with van der Waals surface area (Å²) in [6, 6.07) is 3.46. The van der Waals surface area contributed by atoms with Crippen molar-refractivity contribution < 1.29 is 14.6 Å². The summed E-state index contributed by atoms with van der Waals surface area (Å²) in [5.74, 6) is 2.13. The van der Waals surface area contributed by atoms with E-state index in [1.807, 2.05) is 6.07 Å². The van der Waals surface area contributed by atoms with Crippen LogP contribution in [0.4, 0.5) is 0 Å². The molecule has 0 amide bonds. The topological polar surface area (TPSA) is 50.7 Å². The zero-order valence-electron chi connectivity index (χ0n) is 12.1. The molecule has 1 heterocycles. The summed E-state index contributed by atoms with van der Waals surface area (Å²) in [5.41, 5.74) is 1.12. The Hall–Kier alpha value is -1.42. The molecule has 0 saturated heterocycles. The van der Waals surface area contributed by atoms with Crippen LogP contribution in [-0.4, -0.2) is 18.4 Å².